The molecule has 2 unspecified atom stereocenters. The summed E-state index contributed by atoms with van der Waals surface area (Å²) < 4.78 is 0. The number of hydrogen-bond acceptors (Lipinski definition) is 1. The van der Waals surface area contributed by atoms with Gasteiger partial charge in [-0.05, 0) is 203 Å². The molecule has 0 heterocycles. The number of rotatable bonds is 22. The van der Waals surface area contributed by atoms with Crippen molar-refractivity contribution in [3.63, 3.8) is 0 Å². The minimum absolute atomic E-state index is 0.199. The van der Waals surface area contributed by atoms with Crippen molar-refractivity contribution in [1.82, 2.24) is 4.90 Å². The predicted octanol–water partition coefficient (Wildman–Crippen LogP) is 15.2. The molecule has 276 valence electrons. The molecule has 0 spiro atoms. The van der Waals surface area contributed by atoms with E-state index in [2.05, 4.69) is 117 Å². The van der Waals surface area contributed by atoms with Gasteiger partial charge in [0.2, 0.25) is 0 Å². The van der Waals surface area contributed by atoms with E-state index in [-0.39, 0.29) is 5.54 Å². The normalized spacial score (nSPS) is 19.0. The third kappa shape index (κ3) is 19.2. The minimum atomic E-state index is 0.199. The van der Waals surface area contributed by atoms with Gasteiger partial charge >= 0.3 is 0 Å². The van der Waals surface area contributed by atoms with Crippen molar-refractivity contribution in [1.29, 1.82) is 0 Å². The fourth-order valence-corrected chi connectivity index (χ4v) is 7.55. The highest BCUT2D eigenvalue weighted by Gasteiger charge is 2.23. The van der Waals surface area contributed by atoms with Gasteiger partial charge in [0.1, 0.15) is 0 Å². The molecule has 1 heteroatoms. The van der Waals surface area contributed by atoms with Crippen LogP contribution in [-0.4, -0.2) is 23.5 Å². The Labute approximate surface area is 306 Å². The maximum absolute atomic E-state index is 4.59. The van der Waals surface area contributed by atoms with Crippen LogP contribution in [0, 0.1) is 11.8 Å². The SMILES string of the molecule is C=C(CCCN(CCCC(=C)C1CC=C(CC/C=C(\C)CCC=C(C)C)CC1)C(C)(C)C)C1CC=C(CC/C=C(\C)CCC=C(C)C)CC1. The molecule has 1 nitrogen and oxygen atoms in total. The van der Waals surface area contributed by atoms with Gasteiger partial charge in [-0.15, -0.1) is 0 Å². The van der Waals surface area contributed by atoms with Gasteiger partial charge in [0.25, 0.3) is 0 Å². The molecule has 0 amide bonds. The maximum Gasteiger partial charge on any atom is 0.0125 e. The topological polar surface area (TPSA) is 3.24 Å². The largest absolute Gasteiger partial charge is 0.298 e. The van der Waals surface area contributed by atoms with E-state index in [4.69, 9.17) is 0 Å². The first-order chi connectivity index (χ1) is 23.2. The van der Waals surface area contributed by atoms with E-state index >= 15 is 0 Å². The molecular formula is C48H79N. The Morgan fingerprint density at radius 2 is 1.04 bits per heavy atom. The molecule has 0 aromatic heterocycles. The monoisotopic (exact) mass is 670 g/mol. The predicted molar refractivity (Wildman–Crippen MR) is 222 cm³/mol. The van der Waals surface area contributed by atoms with Gasteiger partial charge in [0, 0.05) is 5.54 Å². The Balaban J connectivity index is 1.67. The Morgan fingerprint density at radius 1 is 0.633 bits per heavy atom. The third-order valence-corrected chi connectivity index (χ3v) is 11.1. The summed E-state index contributed by atoms with van der Waals surface area (Å²) in [5, 5.41) is 0. The molecule has 0 aliphatic heterocycles. The van der Waals surface area contributed by atoms with Crippen LogP contribution in [0.1, 0.15) is 178 Å². The summed E-state index contributed by atoms with van der Waals surface area (Å²) in [6.07, 6.45) is 36.7. The van der Waals surface area contributed by atoms with E-state index in [1.54, 1.807) is 22.3 Å². The van der Waals surface area contributed by atoms with Crippen molar-refractivity contribution in [2.75, 3.05) is 13.1 Å². The second-order valence-corrected chi connectivity index (χ2v) is 17.2. The lowest BCUT2D eigenvalue weighted by Gasteiger charge is -2.36. The van der Waals surface area contributed by atoms with Gasteiger partial charge in [-0.25, -0.2) is 0 Å². The lowest BCUT2D eigenvalue weighted by Crippen LogP contribution is -2.42. The van der Waals surface area contributed by atoms with Gasteiger partial charge in [-0.2, -0.15) is 0 Å². The second kappa shape index (κ2) is 23.4. The highest BCUT2D eigenvalue weighted by molar-refractivity contribution is 5.16. The zero-order chi connectivity index (χ0) is 36.2. The lowest BCUT2D eigenvalue weighted by atomic mass is 9.82. The summed E-state index contributed by atoms with van der Waals surface area (Å²) in [4.78, 5) is 2.72. The van der Waals surface area contributed by atoms with Crippen LogP contribution < -0.4 is 0 Å². The van der Waals surface area contributed by atoms with Gasteiger partial charge in [0.05, 0.1) is 0 Å². The maximum atomic E-state index is 4.59. The van der Waals surface area contributed by atoms with Crippen LogP contribution in [-0.2, 0) is 0 Å². The summed E-state index contributed by atoms with van der Waals surface area (Å²) in [6.45, 7) is 32.0. The molecule has 2 aliphatic rings. The summed E-state index contributed by atoms with van der Waals surface area (Å²) in [7, 11) is 0. The van der Waals surface area contributed by atoms with Crippen molar-refractivity contribution >= 4 is 0 Å². The molecule has 0 radical (unpaired) electrons. The van der Waals surface area contributed by atoms with Gasteiger partial charge < -0.3 is 0 Å². The van der Waals surface area contributed by atoms with Gasteiger partial charge in [0.15, 0.2) is 0 Å². The Kier molecular flexibility index (Phi) is 20.5. The number of hydrogen-bond donors (Lipinski definition) is 0. The molecule has 0 fully saturated rings. The average Bonchev–Trinajstić information content (AvgIpc) is 3.03. The molecule has 0 N–H and O–H groups in total. The molecule has 0 aromatic carbocycles. The zero-order valence-electron chi connectivity index (χ0n) is 34.1. The first-order valence-electron chi connectivity index (χ1n) is 20.3. The van der Waals surface area contributed by atoms with Crippen molar-refractivity contribution in [2.24, 2.45) is 11.8 Å². The summed E-state index contributed by atoms with van der Waals surface area (Å²) >= 11 is 0. The molecule has 0 saturated carbocycles. The van der Waals surface area contributed by atoms with Gasteiger partial charge in [-0.3, -0.25) is 4.90 Å². The Hall–Kier alpha value is -2.12. The second-order valence-electron chi connectivity index (χ2n) is 17.2. The fourth-order valence-electron chi connectivity index (χ4n) is 7.55. The Bertz CT molecular complexity index is 1110. The van der Waals surface area contributed by atoms with Crippen LogP contribution in [0.3, 0.4) is 0 Å². The van der Waals surface area contributed by atoms with Crippen molar-refractivity contribution in [3.8, 4) is 0 Å². The van der Waals surface area contributed by atoms with E-state index in [0.717, 1.165) is 0 Å². The van der Waals surface area contributed by atoms with E-state index in [0.29, 0.717) is 11.8 Å². The molecular weight excluding hydrogens is 591 g/mol. The lowest BCUT2D eigenvalue weighted by molar-refractivity contribution is 0.132. The van der Waals surface area contributed by atoms with Crippen LogP contribution in [0.15, 0.2) is 94.2 Å². The first kappa shape index (κ1) is 43.0. The van der Waals surface area contributed by atoms with E-state index in [1.165, 1.54) is 151 Å². The van der Waals surface area contributed by atoms with Crippen LogP contribution in [0.2, 0.25) is 0 Å². The smallest absolute Gasteiger partial charge is 0.0125 e. The van der Waals surface area contributed by atoms with Gasteiger partial charge in [-0.1, -0.05) is 94.2 Å². The summed E-state index contributed by atoms with van der Waals surface area (Å²) in [6, 6.07) is 0. The third-order valence-electron chi connectivity index (χ3n) is 11.1. The molecule has 0 saturated heterocycles. The van der Waals surface area contributed by atoms with Crippen LogP contribution >= 0.6 is 0 Å². The van der Waals surface area contributed by atoms with Crippen molar-refractivity contribution in [2.45, 2.75) is 183 Å². The Morgan fingerprint density at radius 3 is 1.37 bits per heavy atom. The summed E-state index contributed by atoms with van der Waals surface area (Å²) in [5.74, 6) is 1.36. The van der Waals surface area contributed by atoms with Crippen molar-refractivity contribution < 1.29 is 0 Å². The molecule has 2 atom stereocenters. The van der Waals surface area contributed by atoms with Crippen LogP contribution in [0.5, 0.6) is 0 Å². The summed E-state index contributed by atoms with van der Waals surface area (Å²) in [5.41, 5.74) is 12.5. The first-order valence-corrected chi connectivity index (χ1v) is 20.3. The average molecular weight is 670 g/mol. The fraction of sp³-hybridized carbons (Fsp3) is 0.667. The van der Waals surface area contributed by atoms with Crippen molar-refractivity contribution in [3.05, 3.63) is 94.2 Å². The van der Waals surface area contributed by atoms with E-state index in [9.17, 15) is 0 Å². The standard InChI is InChI=1S/C48H79N/c1-38(2)18-12-20-40(5)22-14-26-44-28-32-46(33-29-44)42(7)24-16-36-49(48(9,10)11)37-17-25-43(8)47-34-30-45(31-35-47)27-15-23-41(6)21-13-19-39(3)4/h18-19,22-23,28,30,46-47H,7-8,12-17,20-21,24-27,29,31-37H2,1-6,9-11H3/b40-22+,41-23+. The van der Waals surface area contributed by atoms with E-state index in [1.807, 2.05) is 0 Å². The van der Waals surface area contributed by atoms with E-state index < -0.39 is 0 Å². The molecule has 0 aromatic rings. The molecule has 2 aliphatic carbocycles. The molecule has 49 heavy (non-hydrogen) atoms. The number of nitrogens with zero attached hydrogens (tertiary/aromatic N) is 1. The highest BCUT2D eigenvalue weighted by atomic mass is 15.2. The molecule has 2 rings (SSSR count). The van der Waals surface area contributed by atoms with Crippen LogP contribution in [0.25, 0.3) is 0 Å². The quantitative estimate of drug-likeness (QED) is 0.104. The highest BCUT2D eigenvalue weighted by Crippen LogP contribution is 2.34. The minimum Gasteiger partial charge on any atom is -0.298 e. The zero-order valence-corrected chi connectivity index (χ0v) is 34.1. The number of allylic oxidation sites excluding steroid dienone is 14. The molecule has 0 bridgehead atoms. The van der Waals surface area contributed by atoms with Crippen LogP contribution in [0.4, 0.5) is 0 Å².